The Labute approximate surface area is 97.3 Å². The highest BCUT2D eigenvalue weighted by Gasteiger charge is 2.05. The molecule has 0 atom stereocenters. The number of hydrogen-bond donors (Lipinski definition) is 0. The Hall–Kier alpha value is -1.74. The van der Waals surface area contributed by atoms with Gasteiger partial charge in [0.2, 0.25) is 0 Å². The quantitative estimate of drug-likeness (QED) is 0.541. The SMILES string of the molecule is CN=c1ccc2nc3ccccc3sc-2c1. The van der Waals surface area contributed by atoms with Crippen molar-refractivity contribution in [3.8, 4) is 10.6 Å². The zero-order chi connectivity index (χ0) is 11.0. The van der Waals surface area contributed by atoms with Gasteiger partial charge in [-0.05, 0) is 30.3 Å². The second-order valence-corrected chi connectivity index (χ2v) is 4.64. The maximum Gasteiger partial charge on any atom is 0.0811 e. The van der Waals surface area contributed by atoms with E-state index < -0.39 is 0 Å². The van der Waals surface area contributed by atoms with Gasteiger partial charge in [0.25, 0.3) is 0 Å². The molecule has 0 saturated carbocycles. The summed E-state index contributed by atoms with van der Waals surface area (Å²) in [5.74, 6) is 0. The lowest BCUT2D eigenvalue weighted by Gasteiger charge is -2.05. The Morgan fingerprint density at radius 2 is 2.00 bits per heavy atom. The van der Waals surface area contributed by atoms with Crippen LogP contribution in [0.3, 0.4) is 0 Å². The van der Waals surface area contributed by atoms with E-state index in [0.717, 1.165) is 16.6 Å². The minimum atomic E-state index is 1.00. The first kappa shape index (κ1) is 9.48. The largest absolute Gasteiger partial charge is 0.289 e. The number of aromatic nitrogens is 1. The van der Waals surface area contributed by atoms with Crippen LogP contribution >= 0.6 is 11.3 Å². The predicted molar refractivity (Wildman–Crippen MR) is 67.7 cm³/mol. The highest BCUT2D eigenvalue weighted by molar-refractivity contribution is 7.21. The molecule has 1 aromatic carbocycles. The molecule has 0 unspecified atom stereocenters. The molecule has 3 heteroatoms. The maximum absolute atomic E-state index is 4.62. The summed E-state index contributed by atoms with van der Waals surface area (Å²) in [5, 5.41) is 1.00. The summed E-state index contributed by atoms with van der Waals surface area (Å²) in [4.78, 5) is 9.98. The molecule has 0 saturated heterocycles. The molecule has 0 radical (unpaired) electrons. The first-order valence-corrected chi connectivity index (χ1v) is 5.91. The van der Waals surface area contributed by atoms with Gasteiger partial charge < -0.3 is 0 Å². The molecular weight excluding hydrogens is 216 g/mol. The van der Waals surface area contributed by atoms with Gasteiger partial charge in [-0.1, -0.05) is 12.1 Å². The number of rotatable bonds is 0. The van der Waals surface area contributed by atoms with E-state index in [4.69, 9.17) is 0 Å². The van der Waals surface area contributed by atoms with Gasteiger partial charge in [0.1, 0.15) is 0 Å². The van der Waals surface area contributed by atoms with E-state index in [0.29, 0.717) is 0 Å². The Morgan fingerprint density at radius 1 is 1.12 bits per heavy atom. The highest BCUT2D eigenvalue weighted by atomic mass is 32.1. The number of nitrogens with zero attached hydrogens (tertiary/aromatic N) is 2. The monoisotopic (exact) mass is 226 g/mol. The summed E-state index contributed by atoms with van der Waals surface area (Å²) in [6.07, 6.45) is 0. The second kappa shape index (κ2) is 3.68. The van der Waals surface area contributed by atoms with E-state index >= 15 is 0 Å². The lowest BCUT2D eigenvalue weighted by Crippen LogP contribution is -2.00. The van der Waals surface area contributed by atoms with Crippen molar-refractivity contribution in [3.63, 3.8) is 0 Å². The first-order valence-electron chi connectivity index (χ1n) is 5.09. The average molecular weight is 226 g/mol. The minimum Gasteiger partial charge on any atom is -0.289 e. The lowest BCUT2D eigenvalue weighted by molar-refractivity contribution is 1.26. The van der Waals surface area contributed by atoms with Gasteiger partial charge >= 0.3 is 0 Å². The summed E-state index contributed by atoms with van der Waals surface area (Å²) in [6, 6.07) is 14.3. The normalized spacial score (nSPS) is 12.4. The molecule has 0 aromatic heterocycles. The van der Waals surface area contributed by atoms with Gasteiger partial charge in [0, 0.05) is 7.05 Å². The van der Waals surface area contributed by atoms with Crippen LogP contribution in [-0.2, 0) is 0 Å². The molecule has 0 amide bonds. The van der Waals surface area contributed by atoms with E-state index in [1.807, 2.05) is 30.3 Å². The van der Waals surface area contributed by atoms with Crippen LogP contribution in [0.1, 0.15) is 0 Å². The molecule has 1 aliphatic carbocycles. The first-order chi connectivity index (χ1) is 7.86. The van der Waals surface area contributed by atoms with E-state index in [2.05, 4.69) is 22.1 Å². The van der Waals surface area contributed by atoms with Gasteiger partial charge in [-0.3, -0.25) is 4.99 Å². The lowest BCUT2D eigenvalue weighted by atomic mass is 10.2. The van der Waals surface area contributed by atoms with E-state index in [-0.39, 0.29) is 0 Å². The van der Waals surface area contributed by atoms with Crippen molar-refractivity contribution in [1.82, 2.24) is 4.98 Å². The third kappa shape index (κ3) is 1.49. The number of para-hydroxylation sites is 1. The maximum atomic E-state index is 4.62. The van der Waals surface area contributed by atoms with Crippen molar-refractivity contribution < 1.29 is 0 Å². The molecule has 3 rings (SSSR count). The standard InChI is InChI=1S/C13H10N2S/c1-14-9-6-7-11-13(8-9)16-12-5-3-2-4-10(12)15-11/h2-8H,1H3. The molecule has 0 fully saturated rings. The van der Waals surface area contributed by atoms with Crippen LogP contribution < -0.4 is 5.36 Å². The van der Waals surface area contributed by atoms with Gasteiger partial charge in [0.15, 0.2) is 0 Å². The van der Waals surface area contributed by atoms with Crippen LogP contribution in [0.15, 0.2) is 47.5 Å². The summed E-state index contributed by atoms with van der Waals surface area (Å²) in [7, 11) is 1.81. The summed E-state index contributed by atoms with van der Waals surface area (Å²) in [6.45, 7) is 0. The van der Waals surface area contributed by atoms with Crippen LogP contribution in [0.4, 0.5) is 0 Å². The number of fused-ring (bicyclic) bond motifs is 2. The third-order valence-electron chi connectivity index (χ3n) is 2.53. The Bertz CT molecular complexity index is 685. The fraction of sp³-hybridized carbons (Fsp3) is 0.0769. The molecule has 78 valence electrons. The summed E-state index contributed by atoms with van der Waals surface area (Å²) >= 11 is 1.76. The number of benzene rings is 2. The van der Waals surface area contributed by atoms with Gasteiger partial charge in [-0.25, -0.2) is 4.98 Å². The molecule has 1 heterocycles. The zero-order valence-electron chi connectivity index (χ0n) is 8.84. The molecule has 16 heavy (non-hydrogen) atoms. The molecule has 1 aliphatic heterocycles. The molecule has 0 N–H and O–H groups in total. The second-order valence-electron chi connectivity index (χ2n) is 3.56. The van der Waals surface area contributed by atoms with Gasteiger partial charge in [-0.2, -0.15) is 0 Å². The van der Waals surface area contributed by atoms with Crippen molar-refractivity contribution in [2.24, 2.45) is 4.99 Å². The summed E-state index contributed by atoms with van der Waals surface area (Å²) < 4.78 is 1.21. The van der Waals surface area contributed by atoms with E-state index in [9.17, 15) is 0 Å². The number of hydrogen-bond acceptors (Lipinski definition) is 3. The van der Waals surface area contributed by atoms with Crippen LogP contribution in [0.5, 0.6) is 0 Å². The molecule has 2 nitrogen and oxygen atoms in total. The molecule has 2 aliphatic rings. The van der Waals surface area contributed by atoms with Crippen molar-refractivity contribution in [2.75, 3.05) is 7.05 Å². The smallest absolute Gasteiger partial charge is 0.0811 e. The predicted octanol–water partition coefficient (Wildman–Crippen LogP) is 2.93. The summed E-state index contributed by atoms with van der Waals surface area (Å²) in [5.41, 5.74) is 2.09. The van der Waals surface area contributed by atoms with Crippen molar-refractivity contribution in [2.45, 2.75) is 0 Å². The molecule has 0 bridgehead atoms. The van der Waals surface area contributed by atoms with Crippen LogP contribution in [0, 0.1) is 0 Å². The van der Waals surface area contributed by atoms with Crippen molar-refractivity contribution in [3.05, 3.63) is 47.8 Å². The zero-order valence-corrected chi connectivity index (χ0v) is 9.66. The third-order valence-corrected chi connectivity index (χ3v) is 3.64. The van der Waals surface area contributed by atoms with E-state index in [1.165, 1.54) is 9.58 Å². The van der Waals surface area contributed by atoms with E-state index in [1.54, 1.807) is 18.4 Å². The highest BCUT2D eigenvalue weighted by Crippen LogP contribution is 2.28. The van der Waals surface area contributed by atoms with Gasteiger partial charge in [-0.15, -0.1) is 11.3 Å². The van der Waals surface area contributed by atoms with Crippen LogP contribution in [-0.4, -0.2) is 12.0 Å². The average Bonchev–Trinajstić information content (AvgIpc) is 2.35. The van der Waals surface area contributed by atoms with Crippen LogP contribution in [0.25, 0.3) is 20.8 Å². The Kier molecular flexibility index (Phi) is 2.18. The Morgan fingerprint density at radius 3 is 2.88 bits per heavy atom. The molecule has 0 spiro atoms. The molecular formula is C13H10N2S. The van der Waals surface area contributed by atoms with Crippen molar-refractivity contribution >= 4 is 21.6 Å². The van der Waals surface area contributed by atoms with Gasteiger partial charge in [0.05, 0.1) is 26.1 Å². The fourth-order valence-electron chi connectivity index (χ4n) is 1.70. The van der Waals surface area contributed by atoms with Crippen molar-refractivity contribution in [1.29, 1.82) is 0 Å². The van der Waals surface area contributed by atoms with Crippen LogP contribution in [0.2, 0.25) is 0 Å². The topological polar surface area (TPSA) is 25.2 Å². The Balaban J connectivity index is 2.44. The molecule has 1 aromatic rings. The fourth-order valence-corrected chi connectivity index (χ4v) is 2.70. The minimum absolute atomic E-state index is 1.00.